The van der Waals surface area contributed by atoms with Crippen molar-refractivity contribution in [2.75, 3.05) is 25.7 Å². The summed E-state index contributed by atoms with van der Waals surface area (Å²) in [6.45, 7) is 1.08. The van der Waals surface area contributed by atoms with E-state index in [-0.39, 0.29) is 0 Å². The van der Waals surface area contributed by atoms with E-state index in [1.54, 1.807) is 31.9 Å². The second-order valence-corrected chi connectivity index (χ2v) is 8.08. The maximum atomic E-state index is 10.9. The Morgan fingerprint density at radius 3 is 2.74 bits per heavy atom. The first-order valence-corrected chi connectivity index (χ1v) is 9.95. The van der Waals surface area contributed by atoms with Crippen molar-refractivity contribution in [1.29, 1.82) is 0 Å². The Morgan fingerprint density at radius 1 is 1.11 bits per heavy atom. The number of nitrogens with zero attached hydrogens (tertiary/aromatic N) is 3. The largest absolute Gasteiger partial charge is 0.496 e. The van der Waals surface area contributed by atoms with E-state index in [2.05, 4.69) is 14.9 Å². The molecule has 0 saturated carbocycles. The van der Waals surface area contributed by atoms with Gasteiger partial charge >= 0.3 is 0 Å². The van der Waals surface area contributed by atoms with Crippen LogP contribution in [0, 0.1) is 0 Å². The maximum Gasteiger partial charge on any atom is 0.141 e. The summed E-state index contributed by atoms with van der Waals surface area (Å²) < 4.78 is 11.1. The van der Waals surface area contributed by atoms with E-state index in [1.165, 1.54) is 16.9 Å². The van der Waals surface area contributed by atoms with E-state index in [0.29, 0.717) is 18.8 Å². The van der Waals surface area contributed by atoms with Crippen LogP contribution >= 0.6 is 11.3 Å². The molecule has 1 aromatic carbocycles. The molecule has 1 aliphatic carbocycles. The number of aryl methyl sites for hydroxylation is 2. The number of fused-ring (bicyclic) bond motifs is 4. The summed E-state index contributed by atoms with van der Waals surface area (Å²) in [5, 5.41) is 12.1. The summed E-state index contributed by atoms with van der Waals surface area (Å²) in [4.78, 5) is 13.7. The molecule has 1 aliphatic heterocycles. The van der Waals surface area contributed by atoms with Crippen molar-refractivity contribution in [3.63, 3.8) is 0 Å². The molecule has 6 nitrogen and oxygen atoms in total. The third-order valence-electron chi connectivity index (χ3n) is 5.57. The molecular formula is C20H21N3O3S. The van der Waals surface area contributed by atoms with Crippen LogP contribution in [0.3, 0.4) is 0 Å². The van der Waals surface area contributed by atoms with E-state index >= 15 is 0 Å². The lowest BCUT2D eigenvalue weighted by molar-refractivity contribution is 0.169. The number of benzene rings is 1. The van der Waals surface area contributed by atoms with Gasteiger partial charge in [-0.1, -0.05) is 0 Å². The van der Waals surface area contributed by atoms with Crippen LogP contribution in [0.15, 0.2) is 18.5 Å². The van der Waals surface area contributed by atoms with Crippen molar-refractivity contribution in [2.45, 2.75) is 31.9 Å². The van der Waals surface area contributed by atoms with Crippen LogP contribution in [0.2, 0.25) is 0 Å². The molecule has 1 unspecified atom stereocenters. The predicted octanol–water partition coefficient (Wildman–Crippen LogP) is 3.25. The van der Waals surface area contributed by atoms with Crippen LogP contribution in [0.1, 0.15) is 34.1 Å². The molecule has 27 heavy (non-hydrogen) atoms. The molecule has 2 aromatic heterocycles. The summed E-state index contributed by atoms with van der Waals surface area (Å²) in [5.41, 5.74) is 3.16. The van der Waals surface area contributed by atoms with Crippen molar-refractivity contribution in [3.05, 3.63) is 40.0 Å². The Hall–Kier alpha value is -2.38. The van der Waals surface area contributed by atoms with Gasteiger partial charge in [-0.25, -0.2) is 9.97 Å². The number of aliphatic hydroxyl groups excluding tert-OH is 1. The first kappa shape index (κ1) is 16.8. The summed E-state index contributed by atoms with van der Waals surface area (Å²) in [7, 11) is 3.28. The molecule has 0 radical (unpaired) electrons. The van der Waals surface area contributed by atoms with Crippen LogP contribution in [0.4, 0.5) is 5.82 Å². The van der Waals surface area contributed by atoms with E-state index in [0.717, 1.165) is 45.8 Å². The van der Waals surface area contributed by atoms with Gasteiger partial charge < -0.3 is 19.5 Å². The number of rotatable bonds is 3. The minimum atomic E-state index is -0.671. The highest BCUT2D eigenvalue weighted by molar-refractivity contribution is 7.19. The second kappa shape index (κ2) is 6.35. The molecular weight excluding hydrogens is 362 g/mol. The molecule has 0 amide bonds. The van der Waals surface area contributed by atoms with Crippen LogP contribution in [0.25, 0.3) is 10.2 Å². The lowest BCUT2D eigenvalue weighted by Crippen LogP contribution is -2.35. The van der Waals surface area contributed by atoms with Crippen molar-refractivity contribution in [1.82, 2.24) is 9.97 Å². The fourth-order valence-electron chi connectivity index (χ4n) is 4.39. The highest BCUT2D eigenvalue weighted by Crippen LogP contribution is 2.44. The minimum Gasteiger partial charge on any atom is -0.496 e. The number of methoxy groups -OCH3 is 2. The summed E-state index contributed by atoms with van der Waals surface area (Å²) in [5.74, 6) is 2.37. The number of hydrogen-bond acceptors (Lipinski definition) is 7. The van der Waals surface area contributed by atoms with Gasteiger partial charge in [0.2, 0.25) is 0 Å². The molecule has 3 heterocycles. The van der Waals surface area contributed by atoms with Gasteiger partial charge in [0.15, 0.2) is 0 Å². The maximum absolute atomic E-state index is 10.9. The molecule has 1 N–H and O–H groups in total. The molecule has 0 bridgehead atoms. The molecule has 0 fully saturated rings. The lowest BCUT2D eigenvalue weighted by atomic mass is 9.95. The van der Waals surface area contributed by atoms with E-state index in [9.17, 15) is 5.11 Å². The van der Waals surface area contributed by atoms with Crippen molar-refractivity contribution in [3.8, 4) is 11.5 Å². The van der Waals surface area contributed by atoms with Crippen molar-refractivity contribution in [2.24, 2.45) is 0 Å². The zero-order valence-corrected chi connectivity index (χ0v) is 16.2. The normalized spacial score (nSPS) is 18.5. The van der Waals surface area contributed by atoms with E-state index in [1.807, 2.05) is 12.1 Å². The van der Waals surface area contributed by atoms with Gasteiger partial charge in [0.25, 0.3) is 0 Å². The van der Waals surface area contributed by atoms with Gasteiger partial charge in [0.05, 0.1) is 26.2 Å². The smallest absolute Gasteiger partial charge is 0.141 e. The Labute approximate surface area is 161 Å². The number of aromatic nitrogens is 2. The molecule has 1 atom stereocenters. The third kappa shape index (κ3) is 2.49. The van der Waals surface area contributed by atoms with Gasteiger partial charge in [-0.05, 0) is 37.0 Å². The summed E-state index contributed by atoms with van der Waals surface area (Å²) in [6.07, 6.45) is 4.37. The number of β-amino-alcohol motifs (C(OH)–C–C–N with tert-alkyl or cyclic N) is 1. The number of anilines is 1. The zero-order valence-electron chi connectivity index (χ0n) is 15.4. The van der Waals surface area contributed by atoms with Crippen LogP contribution in [-0.2, 0) is 19.4 Å². The quantitative estimate of drug-likeness (QED) is 0.749. The number of hydrogen-bond donors (Lipinski definition) is 1. The van der Waals surface area contributed by atoms with Gasteiger partial charge in [-0.2, -0.15) is 0 Å². The van der Waals surface area contributed by atoms with Crippen LogP contribution in [0.5, 0.6) is 11.5 Å². The number of aliphatic hydroxyl groups is 1. The topological polar surface area (TPSA) is 67.7 Å². The summed E-state index contributed by atoms with van der Waals surface area (Å²) in [6, 6.07) is 3.75. The molecule has 5 rings (SSSR count). The number of ether oxygens (including phenoxy) is 2. The zero-order chi connectivity index (χ0) is 18.5. The molecule has 7 heteroatoms. The van der Waals surface area contributed by atoms with Gasteiger partial charge in [0, 0.05) is 22.5 Å². The van der Waals surface area contributed by atoms with Crippen molar-refractivity contribution >= 4 is 27.4 Å². The molecule has 0 saturated heterocycles. The standard InChI is InChI=1S/C20H21N3O3S/c1-25-14-6-7-15(26-2)17-12(14)8-23(9-13(17)24)19-18-11-4-3-5-16(11)27-20(18)22-10-21-19/h6-7,10,13,24H,3-5,8-9H2,1-2H3. The van der Waals surface area contributed by atoms with Gasteiger partial charge in [0.1, 0.15) is 34.6 Å². The molecule has 3 aromatic rings. The van der Waals surface area contributed by atoms with Gasteiger partial charge in [-0.3, -0.25) is 0 Å². The monoisotopic (exact) mass is 383 g/mol. The molecule has 2 aliphatic rings. The minimum absolute atomic E-state index is 0.466. The second-order valence-electron chi connectivity index (χ2n) is 6.99. The Kier molecular flexibility index (Phi) is 3.94. The lowest BCUT2D eigenvalue weighted by Gasteiger charge is -2.35. The predicted molar refractivity (Wildman–Crippen MR) is 105 cm³/mol. The fraction of sp³-hybridized carbons (Fsp3) is 0.400. The Morgan fingerprint density at radius 2 is 1.93 bits per heavy atom. The first-order valence-electron chi connectivity index (χ1n) is 9.13. The highest BCUT2D eigenvalue weighted by Gasteiger charge is 2.32. The van der Waals surface area contributed by atoms with Crippen LogP contribution < -0.4 is 14.4 Å². The average Bonchev–Trinajstić information content (AvgIpc) is 3.27. The van der Waals surface area contributed by atoms with Crippen molar-refractivity contribution < 1.29 is 14.6 Å². The molecule has 0 spiro atoms. The third-order valence-corrected chi connectivity index (χ3v) is 6.77. The Bertz CT molecular complexity index is 1030. The molecule has 140 valence electrons. The Balaban J connectivity index is 1.65. The fourth-order valence-corrected chi connectivity index (χ4v) is 5.61. The highest BCUT2D eigenvalue weighted by atomic mass is 32.1. The van der Waals surface area contributed by atoms with E-state index < -0.39 is 6.10 Å². The van der Waals surface area contributed by atoms with Gasteiger partial charge in [-0.15, -0.1) is 11.3 Å². The first-order chi connectivity index (χ1) is 13.2. The average molecular weight is 383 g/mol. The SMILES string of the molecule is COc1ccc(OC)c2c1CN(c1ncnc3sc4c(c13)CCC4)CC2O. The van der Waals surface area contributed by atoms with E-state index in [4.69, 9.17) is 9.47 Å². The summed E-state index contributed by atoms with van der Waals surface area (Å²) >= 11 is 1.78. The van der Waals surface area contributed by atoms with Crippen LogP contribution in [-0.4, -0.2) is 35.8 Å². The number of thiophene rings is 1.